The van der Waals surface area contributed by atoms with E-state index in [0.717, 1.165) is 19.3 Å². The van der Waals surface area contributed by atoms with Crippen molar-refractivity contribution in [3.8, 4) is 11.5 Å². The van der Waals surface area contributed by atoms with Gasteiger partial charge in [0.15, 0.2) is 23.2 Å². The SMILES string of the molecule is CO[C@@H]1[C@@H](O)[C@@H](OC)C(NC2=CC(=O)c3c(cc4c(c3O)C(=O)C3(OC)C(O)Cc5cc(C)c(C(=O)NCc6ccc(F)cc6)c(O)c5C3(O)C4=O)C2=O)O[C@H]1C. The summed E-state index contributed by atoms with van der Waals surface area (Å²) in [4.78, 5) is 70.7. The van der Waals surface area contributed by atoms with Crippen molar-refractivity contribution in [1.82, 2.24) is 10.6 Å². The van der Waals surface area contributed by atoms with E-state index in [1.165, 1.54) is 51.5 Å². The minimum absolute atomic E-state index is 0.0254. The fourth-order valence-corrected chi connectivity index (χ4v) is 8.65. The van der Waals surface area contributed by atoms with Crippen LogP contribution in [0.25, 0.3) is 0 Å². The predicted molar refractivity (Wildman–Crippen MR) is 192 cm³/mol. The van der Waals surface area contributed by atoms with Crippen LogP contribution in [0, 0.1) is 12.7 Å². The van der Waals surface area contributed by atoms with E-state index in [1.807, 2.05) is 0 Å². The number of aliphatic hydroxyl groups is 3. The Morgan fingerprint density at radius 1 is 0.947 bits per heavy atom. The van der Waals surface area contributed by atoms with Gasteiger partial charge in [0.25, 0.3) is 5.91 Å². The third-order valence-electron chi connectivity index (χ3n) is 11.4. The lowest BCUT2D eigenvalue weighted by Gasteiger charge is -2.53. The number of phenolic OH excluding ortho intramolecular Hbond substituents is 2. The zero-order chi connectivity index (χ0) is 41.5. The first kappa shape index (κ1) is 39.8. The summed E-state index contributed by atoms with van der Waals surface area (Å²) in [6.07, 6.45) is -6.72. The number of aliphatic hydroxyl groups excluding tert-OH is 2. The molecule has 1 saturated heterocycles. The number of nitrogens with one attached hydrogen (secondary N) is 2. The molecule has 57 heavy (non-hydrogen) atoms. The number of hydrogen-bond acceptors (Lipinski definition) is 15. The Bertz CT molecular complexity index is 2290. The molecule has 7 rings (SSSR count). The van der Waals surface area contributed by atoms with Gasteiger partial charge in [0.05, 0.1) is 34.6 Å². The highest BCUT2D eigenvalue weighted by Crippen LogP contribution is 2.56. The lowest BCUT2D eigenvalue weighted by Crippen LogP contribution is -2.73. The van der Waals surface area contributed by atoms with E-state index < -0.39 is 140 Å². The van der Waals surface area contributed by atoms with E-state index in [1.54, 1.807) is 6.92 Å². The maximum absolute atomic E-state index is 14.8. The summed E-state index contributed by atoms with van der Waals surface area (Å²) in [5.41, 5.74) is -9.83. The van der Waals surface area contributed by atoms with E-state index in [9.17, 15) is 53.9 Å². The fourth-order valence-electron chi connectivity index (χ4n) is 8.65. The Balaban J connectivity index is 1.32. The van der Waals surface area contributed by atoms with E-state index in [2.05, 4.69) is 10.6 Å². The molecule has 4 aliphatic rings. The van der Waals surface area contributed by atoms with Crippen molar-refractivity contribution in [2.45, 2.75) is 74.8 Å². The standard InChI is InChI=1S/C40H39FN2O14/c1-15-10-18-11-24(45)40(56-5)36(51)27-21(35(50)39(40,53)28(18)31(48)25(15)37(52)42-14-17-6-8-19(41)9-7-17)12-20-26(30(27)47)23(44)13-22(29(20)46)43-38-34(55-4)32(49)33(54-3)16(2)57-38/h6-10,12-13,16,24,32-34,38,43,45,47-49,53H,11,14H2,1-5H3,(H,42,52)/t16-,24?,32+,33-,34+,38?,39?,40?/m0/s1. The molecule has 16 nitrogen and oxygen atoms in total. The number of aryl methyl sites for hydroxylation is 1. The summed E-state index contributed by atoms with van der Waals surface area (Å²) in [5, 5.41) is 63.9. The van der Waals surface area contributed by atoms with Crippen molar-refractivity contribution in [2.24, 2.45) is 0 Å². The lowest BCUT2D eigenvalue weighted by molar-refractivity contribution is -0.236. The van der Waals surface area contributed by atoms with Crippen LogP contribution in [0.2, 0.25) is 0 Å². The predicted octanol–water partition coefficient (Wildman–Crippen LogP) is 1.03. The zero-order valence-corrected chi connectivity index (χ0v) is 31.2. The second kappa shape index (κ2) is 14.2. The molecule has 0 aromatic heterocycles. The first-order valence-corrected chi connectivity index (χ1v) is 17.8. The first-order chi connectivity index (χ1) is 27.0. The Morgan fingerprint density at radius 2 is 1.61 bits per heavy atom. The highest BCUT2D eigenvalue weighted by molar-refractivity contribution is 6.31. The van der Waals surface area contributed by atoms with Crippen LogP contribution >= 0.6 is 0 Å². The largest absolute Gasteiger partial charge is 0.507 e. The smallest absolute Gasteiger partial charge is 0.255 e. The number of aromatic hydroxyl groups is 2. The van der Waals surface area contributed by atoms with E-state index in [4.69, 9.17) is 18.9 Å². The van der Waals surface area contributed by atoms with Crippen LogP contribution in [0.15, 0.2) is 48.2 Å². The molecular weight excluding hydrogens is 751 g/mol. The molecule has 1 fully saturated rings. The number of ether oxygens (including phenoxy) is 4. The fraction of sp³-hybridized carbons (Fsp3) is 0.375. The third-order valence-corrected chi connectivity index (χ3v) is 11.4. The molecule has 0 spiro atoms. The molecule has 300 valence electrons. The number of carbonyl (C=O) groups is 5. The number of ketones is 4. The molecule has 0 bridgehead atoms. The number of amides is 1. The number of Topliss-reactive ketones (excluding diaryl/α,β-unsaturated/α-hetero) is 3. The molecule has 0 saturated carbocycles. The van der Waals surface area contributed by atoms with Crippen LogP contribution in [0.1, 0.15) is 81.0 Å². The number of halogens is 1. The Morgan fingerprint density at radius 3 is 2.25 bits per heavy atom. The molecule has 1 amide bonds. The Hall–Kier alpha value is -5.40. The van der Waals surface area contributed by atoms with Gasteiger partial charge in [-0.3, -0.25) is 24.0 Å². The number of hydrogen-bond donors (Lipinski definition) is 7. The van der Waals surface area contributed by atoms with Gasteiger partial charge in [0.2, 0.25) is 17.3 Å². The summed E-state index contributed by atoms with van der Waals surface area (Å²) in [5.74, 6) is -8.11. The summed E-state index contributed by atoms with van der Waals surface area (Å²) >= 11 is 0. The van der Waals surface area contributed by atoms with Crippen molar-refractivity contribution in [2.75, 3.05) is 21.3 Å². The van der Waals surface area contributed by atoms with Gasteiger partial charge in [-0.1, -0.05) is 18.2 Å². The van der Waals surface area contributed by atoms with E-state index >= 15 is 0 Å². The number of phenols is 2. The highest BCUT2D eigenvalue weighted by Gasteiger charge is 2.72. The van der Waals surface area contributed by atoms with Gasteiger partial charge >= 0.3 is 0 Å². The minimum atomic E-state index is -3.28. The molecular formula is C40H39FN2O14. The van der Waals surface area contributed by atoms with Gasteiger partial charge in [0.1, 0.15) is 35.6 Å². The topological polar surface area (TPSA) is 247 Å². The summed E-state index contributed by atoms with van der Waals surface area (Å²) < 4.78 is 35.6. The molecule has 3 aromatic carbocycles. The average Bonchev–Trinajstić information content (AvgIpc) is 3.15. The maximum atomic E-state index is 14.8. The first-order valence-electron chi connectivity index (χ1n) is 17.8. The molecule has 0 radical (unpaired) electrons. The Kier molecular flexibility index (Phi) is 9.93. The van der Waals surface area contributed by atoms with Gasteiger partial charge in [-0.15, -0.1) is 0 Å². The molecule has 8 atom stereocenters. The van der Waals surface area contributed by atoms with Crippen molar-refractivity contribution in [1.29, 1.82) is 0 Å². The van der Waals surface area contributed by atoms with Gasteiger partial charge in [-0.25, -0.2) is 4.39 Å². The maximum Gasteiger partial charge on any atom is 0.255 e. The van der Waals surface area contributed by atoms with Crippen LogP contribution in [0.5, 0.6) is 11.5 Å². The average molecular weight is 791 g/mol. The van der Waals surface area contributed by atoms with Crippen LogP contribution < -0.4 is 10.6 Å². The summed E-state index contributed by atoms with van der Waals surface area (Å²) in [7, 11) is 3.56. The van der Waals surface area contributed by atoms with Crippen LogP contribution in [0.3, 0.4) is 0 Å². The number of rotatable bonds is 8. The van der Waals surface area contributed by atoms with Crippen molar-refractivity contribution in [3.63, 3.8) is 0 Å². The van der Waals surface area contributed by atoms with Gasteiger partial charge in [-0.05, 0) is 48.7 Å². The Labute approximate surface area is 323 Å². The second-order valence-corrected chi connectivity index (χ2v) is 14.4. The molecule has 3 aromatic rings. The van der Waals surface area contributed by atoms with Gasteiger partial charge in [0, 0.05) is 57.1 Å². The second-order valence-electron chi connectivity index (χ2n) is 14.4. The molecule has 4 unspecified atom stereocenters. The van der Waals surface area contributed by atoms with Crippen LogP contribution in [0.4, 0.5) is 4.39 Å². The number of carbonyl (C=O) groups excluding carboxylic acids is 5. The molecule has 7 N–H and O–H groups in total. The zero-order valence-electron chi connectivity index (χ0n) is 31.2. The minimum Gasteiger partial charge on any atom is -0.507 e. The monoisotopic (exact) mass is 790 g/mol. The van der Waals surface area contributed by atoms with Crippen molar-refractivity contribution >= 4 is 29.0 Å². The normalized spacial score (nSPS) is 29.2. The number of benzene rings is 3. The van der Waals surface area contributed by atoms with Crippen LogP contribution in [-0.4, -0.2) is 118 Å². The summed E-state index contributed by atoms with van der Waals surface area (Å²) in [6, 6.07) is 7.42. The number of methoxy groups -OCH3 is 3. The van der Waals surface area contributed by atoms with Gasteiger partial charge in [-0.2, -0.15) is 0 Å². The highest BCUT2D eigenvalue weighted by atomic mass is 19.1. The number of fused-ring (bicyclic) bond motifs is 5. The molecule has 17 heteroatoms. The molecule has 1 heterocycles. The summed E-state index contributed by atoms with van der Waals surface area (Å²) in [6.45, 7) is 2.96. The molecule has 3 aliphatic carbocycles. The molecule has 1 aliphatic heterocycles. The lowest BCUT2D eigenvalue weighted by atomic mass is 9.56. The van der Waals surface area contributed by atoms with Crippen molar-refractivity contribution in [3.05, 3.63) is 104 Å². The van der Waals surface area contributed by atoms with Crippen LogP contribution in [-0.2, 0) is 37.5 Å². The van der Waals surface area contributed by atoms with Gasteiger partial charge < -0.3 is 55.1 Å². The third kappa shape index (κ3) is 5.64. The quantitative estimate of drug-likeness (QED) is 0.169. The van der Waals surface area contributed by atoms with E-state index in [0.29, 0.717) is 5.56 Å². The van der Waals surface area contributed by atoms with E-state index in [-0.39, 0.29) is 17.7 Å². The van der Waals surface area contributed by atoms with Crippen molar-refractivity contribution < 1.29 is 72.8 Å². The number of allylic oxidation sites excluding steroid dienone is 2.